The van der Waals surface area contributed by atoms with E-state index in [2.05, 4.69) is 18.2 Å². The highest BCUT2D eigenvalue weighted by atomic mass is 14.4. The molecule has 3 fully saturated rings. The average Bonchev–Trinajstić information content (AvgIpc) is 3.10. The third-order valence-corrected chi connectivity index (χ3v) is 4.08. The fourth-order valence-electron chi connectivity index (χ4n) is 2.63. The number of rotatable bonds is 3. The van der Waals surface area contributed by atoms with E-state index >= 15 is 0 Å². The topological polar surface area (TPSA) is 0 Å². The molecule has 0 aromatic rings. The first-order valence-electron chi connectivity index (χ1n) is 6.55. The van der Waals surface area contributed by atoms with Crippen LogP contribution in [0.1, 0.15) is 38.5 Å². The minimum Gasteiger partial charge on any atom is -0.0738 e. The molecule has 15 heavy (non-hydrogen) atoms. The highest BCUT2D eigenvalue weighted by Gasteiger charge is 2.34. The molecule has 3 saturated carbocycles. The molecule has 0 atom stereocenters. The van der Waals surface area contributed by atoms with Crippen molar-refractivity contribution in [1.82, 2.24) is 0 Å². The van der Waals surface area contributed by atoms with Crippen LogP contribution in [0.5, 0.6) is 0 Å². The van der Waals surface area contributed by atoms with Gasteiger partial charge >= 0.3 is 0 Å². The van der Waals surface area contributed by atoms with Crippen LogP contribution in [0.25, 0.3) is 0 Å². The Kier molecular flexibility index (Phi) is 1.60. The first kappa shape index (κ1) is 8.38. The molecule has 0 unspecified atom stereocenters. The predicted molar refractivity (Wildman–Crippen MR) is 62.4 cm³/mol. The number of allylic oxidation sites excluding steroid dienone is 6. The van der Waals surface area contributed by atoms with Gasteiger partial charge in [-0.3, -0.25) is 0 Å². The molecule has 0 aromatic carbocycles. The van der Waals surface area contributed by atoms with Crippen LogP contribution in [0.4, 0.5) is 0 Å². The maximum absolute atomic E-state index is 2.56. The summed E-state index contributed by atoms with van der Waals surface area (Å²) in [6.07, 6.45) is 16.2. The Labute approximate surface area is 91.8 Å². The van der Waals surface area contributed by atoms with Gasteiger partial charge in [-0.15, -0.1) is 0 Å². The van der Waals surface area contributed by atoms with Crippen molar-refractivity contribution < 1.29 is 0 Å². The molecule has 0 N–H and O–H groups in total. The molecule has 0 aliphatic heterocycles. The summed E-state index contributed by atoms with van der Waals surface area (Å²) in [7, 11) is 0. The van der Waals surface area contributed by atoms with Gasteiger partial charge in [-0.1, -0.05) is 18.2 Å². The molecule has 0 radical (unpaired) electrons. The van der Waals surface area contributed by atoms with Crippen LogP contribution in [0, 0.1) is 17.8 Å². The molecule has 0 heterocycles. The Morgan fingerprint density at radius 1 is 0.867 bits per heavy atom. The van der Waals surface area contributed by atoms with Gasteiger partial charge in [0.2, 0.25) is 0 Å². The van der Waals surface area contributed by atoms with Crippen molar-refractivity contribution >= 4 is 0 Å². The quantitative estimate of drug-likeness (QED) is 0.642. The lowest BCUT2D eigenvalue weighted by Gasteiger charge is -2.01. The lowest BCUT2D eigenvalue weighted by atomic mass is 10.0. The van der Waals surface area contributed by atoms with Gasteiger partial charge < -0.3 is 0 Å². The van der Waals surface area contributed by atoms with Crippen molar-refractivity contribution in [3.05, 3.63) is 34.9 Å². The van der Waals surface area contributed by atoms with Gasteiger partial charge in [0.05, 0.1) is 0 Å². The molecule has 0 spiro atoms. The van der Waals surface area contributed by atoms with Crippen molar-refractivity contribution in [2.24, 2.45) is 17.8 Å². The van der Waals surface area contributed by atoms with E-state index < -0.39 is 0 Å². The van der Waals surface area contributed by atoms with E-state index in [1.54, 1.807) is 16.7 Å². The predicted octanol–water partition coefficient (Wildman–Crippen LogP) is 4.01. The second-order valence-corrected chi connectivity index (χ2v) is 5.75. The SMILES string of the molecule is C(=C1C=C(C2CC2)C=C1C1CC1)C1CC1. The highest BCUT2D eigenvalue weighted by Crippen LogP contribution is 2.49. The molecular formula is C15H18. The maximum atomic E-state index is 2.56. The summed E-state index contributed by atoms with van der Waals surface area (Å²) in [5.41, 5.74) is 4.97. The van der Waals surface area contributed by atoms with Crippen LogP contribution >= 0.6 is 0 Å². The summed E-state index contributed by atoms with van der Waals surface area (Å²) in [4.78, 5) is 0. The Morgan fingerprint density at radius 2 is 1.60 bits per heavy atom. The Balaban J connectivity index is 1.66. The third kappa shape index (κ3) is 1.60. The van der Waals surface area contributed by atoms with Crippen LogP contribution in [-0.2, 0) is 0 Å². The molecule has 4 aliphatic rings. The number of hydrogen-bond acceptors (Lipinski definition) is 0. The third-order valence-electron chi connectivity index (χ3n) is 4.08. The van der Waals surface area contributed by atoms with E-state index in [1.165, 1.54) is 38.5 Å². The number of hydrogen-bond donors (Lipinski definition) is 0. The van der Waals surface area contributed by atoms with E-state index in [4.69, 9.17) is 0 Å². The largest absolute Gasteiger partial charge is 0.0738 e. The summed E-state index contributed by atoms with van der Waals surface area (Å²) in [6.45, 7) is 0. The Bertz CT molecular complexity index is 382. The average molecular weight is 198 g/mol. The molecule has 0 bridgehead atoms. The summed E-state index contributed by atoms with van der Waals surface area (Å²) in [5, 5.41) is 0. The fourth-order valence-corrected chi connectivity index (χ4v) is 2.63. The molecule has 0 saturated heterocycles. The van der Waals surface area contributed by atoms with Crippen LogP contribution in [0.2, 0.25) is 0 Å². The Hall–Kier alpha value is -0.780. The van der Waals surface area contributed by atoms with Gasteiger partial charge in [0.15, 0.2) is 0 Å². The zero-order valence-electron chi connectivity index (χ0n) is 9.21. The molecular weight excluding hydrogens is 180 g/mol. The van der Waals surface area contributed by atoms with Crippen molar-refractivity contribution in [2.45, 2.75) is 38.5 Å². The molecule has 0 heteroatoms. The minimum absolute atomic E-state index is 0.928. The fraction of sp³-hybridized carbons (Fsp3) is 0.600. The van der Waals surface area contributed by atoms with Crippen LogP contribution in [0.3, 0.4) is 0 Å². The summed E-state index contributed by atoms with van der Waals surface area (Å²) < 4.78 is 0. The summed E-state index contributed by atoms with van der Waals surface area (Å²) >= 11 is 0. The van der Waals surface area contributed by atoms with Gasteiger partial charge in [0, 0.05) is 0 Å². The van der Waals surface area contributed by atoms with Crippen molar-refractivity contribution in [1.29, 1.82) is 0 Å². The van der Waals surface area contributed by atoms with Gasteiger partial charge in [0.1, 0.15) is 0 Å². The van der Waals surface area contributed by atoms with E-state index in [9.17, 15) is 0 Å². The van der Waals surface area contributed by atoms with Gasteiger partial charge in [-0.25, -0.2) is 0 Å². The standard InChI is InChI=1S/C15H18/c1-2-10(1)7-14-8-13(11-3-4-11)9-15(14)12-5-6-12/h7-12H,1-6H2. The second kappa shape index (κ2) is 2.87. The van der Waals surface area contributed by atoms with E-state index in [0.29, 0.717) is 0 Å². The van der Waals surface area contributed by atoms with E-state index in [-0.39, 0.29) is 0 Å². The zero-order chi connectivity index (χ0) is 9.83. The van der Waals surface area contributed by atoms with Crippen LogP contribution in [0.15, 0.2) is 34.9 Å². The highest BCUT2D eigenvalue weighted by molar-refractivity contribution is 5.56. The van der Waals surface area contributed by atoms with E-state index in [1.807, 2.05) is 0 Å². The van der Waals surface area contributed by atoms with Crippen molar-refractivity contribution in [3.63, 3.8) is 0 Å². The summed E-state index contributed by atoms with van der Waals surface area (Å²) in [5.74, 6) is 2.79. The first-order chi connectivity index (χ1) is 7.40. The lowest BCUT2D eigenvalue weighted by molar-refractivity contribution is 1.01. The monoisotopic (exact) mass is 198 g/mol. The molecule has 78 valence electrons. The van der Waals surface area contributed by atoms with Crippen molar-refractivity contribution in [2.75, 3.05) is 0 Å². The van der Waals surface area contributed by atoms with E-state index in [0.717, 1.165) is 17.8 Å². The summed E-state index contributed by atoms with van der Waals surface area (Å²) in [6, 6.07) is 0. The smallest absolute Gasteiger partial charge is 0.0156 e. The molecule has 0 aromatic heterocycles. The first-order valence-corrected chi connectivity index (χ1v) is 6.55. The molecule has 0 amide bonds. The zero-order valence-corrected chi connectivity index (χ0v) is 9.21. The minimum atomic E-state index is 0.928. The molecule has 0 nitrogen and oxygen atoms in total. The molecule has 4 aliphatic carbocycles. The molecule has 4 rings (SSSR count). The van der Waals surface area contributed by atoms with Gasteiger partial charge in [-0.2, -0.15) is 0 Å². The van der Waals surface area contributed by atoms with Crippen LogP contribution in [-0.4, -0.2) is 0 Å². The van der Waals surface area contributed by atoms with Crippen molar-refractivity contribution in [3.8, 4) is 0 Å². The second-order valence-electron chi connectivity index (χ2n) is 5.75. The van der Waals surface area contributed by atoms with Gasteiger partial charge in [0.25, 0.3) is 0 Å². The Morgan fingerprint density at radius 3 is 2.20 bits per heavy atom. The lowest BCUT2D eigenvalue weighted by Crippen LogP contribution is -1.86. The van der Waals surface area contributed by atoms with Crippen LogP contribution < -0.4 is 0 Å². The maximum Gasteiger partial charge on any atom is -0.0156 e. The van der Waals surface area contributed by atoms with Gasteiger partial charge in [-0.05, 0) is 73.0 Å². The normalized spacial score (nSPS) is 33.2.